The third-order valence-corrected chi connectivity index (χ3v) is 6.45. The Morgan fingerprint density at radius 2 is 1.93 bits per heavy atom. The topological polar surface area (TPSA) is 45.6 Å². The maximum absolute atomic E-state index is 13.3. The number of benzene rings is 1. The van der Waals surface area contributed by atoms with Crippen LogP contribution in [0, 0.1) is 12.3 Å². The SMILES string of the molecule is Cc1ccc2cc(C(=O)N3CC[C@]4(CCCN(C(C)C)C4=O)C3)n(C)c2c1. The van der Waals surface area contributed by atoms with E-state index in [1.54, 1.807) is 0 Å². The van der Waals surface area contributed by atoms with Crippen molar-refractivity contribution in [3.8, 4) is 0 Å². The van der Waals surface area contributed by atoms with Crippen molar-refractivity contribution in [3.63, 3.8) is 0 Å². The molecule has 2 aliphatic heterocycles. The highest BCUT2D eigenvalue weighted by atomic mass is 16.2. The van der Waals surface area contributed by atoms with E-state index in [1.165, 1.54) is 5.56 Å². The van der Waals surface area contributed by atoms with Crippen LogP contribution in [0.3, 0.4) is 0 Å². The number of fused-ring (bicyclic) bond motifs is 1. The van der Waals surface area contributed by atoms with E-state index in [4.69, 9.17) is 0 Å². The van der Waals surface area contributed by atoms with Gasteiger partial charge in [0.2, 0.25) is 5.91 Å². The summed E-state index contributed by atoms with van der Waals surface area (Å²) < 4.78 is 1.98. The molecule has 2 aliphatic rings. The molecule has 0 N–H and O–H groups in total. The number of aryl methyl sites for hydroxylation is 2. The smallest absolute Gasteiger partial charge is 0.270 e. The van der Waals surface area contributed by atoms with Crippen molar-refractivity contribution < 1.29 is 9.59 Å². The van der Waals surface area contributed by atoms with E-state index in [2.05, 4.69) is 39.0 Å². The van der Waals surface area contributed by atoms with Crippen LogP contribution in [-0.4, -0.2) is 51.9 Å². The summed E-state index contributed by atoms with van der Waals surface area (Å²) in [7, 11) is 1.95. The molecule has 0 aliphatic carbocycles. The van der Waals surface area contributed by atoms with Gasteiger partial charge in [-0.3, -0.25) is 9.59 Å². The van der Waals surface area contributed by atoms with Crippen LogP contribution >= 0.6 is 0 Å². The Morgan fingerprint density at radius 3 is 2.67 bits per heavy atom. The van der Waals surface area contributed by atoms with Crippen LogP contribution in [0.4, 0.5) is 0 Å². The van der Waals surface area contributed by atoms with Crippen LogP contribution in [0.15, 0.2) is 24.3 Å². The lowest BCUT2D eigenvalue weighted by Gasteiger charge is -2.41. The number of carbonyl (C=O) groups is 2. The molecule has 0 saturated carbocycles. The molecule has 27 heavy (non-hydrogen) atoms. The number of likely N-dealkylation sites (tertiary alicyclic amines) is 2. The normalized spacial score (nSPS) is 23.2. The van der Waals surface area contributed by atoms with E-state index < -0.39 is 0 Å². The highest BCUT2D eigenvalue weighted by Crippen LogP contribution is 2.41. The van der Waals surface area contributed by atoms with Crippen molar-refractivity contribution in [1.29, 1.82) is 0 Å². The number of aromatic nitrogens is 1. The van der Waals surface area contributed by atoms with E-state index >= 15 is 0 Å². The van der Waals surface area contributed by atoms with Crippen molar-refractivity contribution >= 4 is 22.7 Å². The molecule has 2 fully saturated rings. The molecule has 2 amide bonds. The third kappa shape index (κ3) is 2.84. The largest absolute Gasteiger partial charge is 0.340 e. The first-order chi connectivity index (χ1) is 12.8. The summed E-state index contributed by atoms with van der Waals surface area (Å²) in [6.45, 7) is 8.27. The van der Waals surface area contributed by atoms with Gasteiger partial charge in [-0.2, -0.15) is 0 Å². The Bertz CT molecular complexity index is 914. The zero-order valence-electron chi connectivity index (χ0n) is 16.8. The minimum absolute atomic E-state index is 0.0395. The maximum atomic E-state index is 13.3. The van der Waals surface area contributed by atoms with Crippen molar-refractivity contribution in [2.24, 2.45) is 12.5 Å². The zero-order chi connectivity index (χ0) is 19.3. The summed E-state index contributed by atoms with van der Waals surface area (Å²) in [5.74, 6) is 0.282. The van der Waals surface area contributed by atoms with Gasteiger partial charge in [-0.05, 0) is 57.7 Å². The van der Waals surface area contributed by atoms with Gasteiger partial charge in [0.25, 0.3) is 5.91 Å². The van der Waals surface area contributed by atoms with Gasteiger partial charge in [-0.15, -0.1) is 0 Å². The molecule has 0 unspecified atom stereocenters. The number of carbonyl (C=O) groups excluding carboxylic acids is 2. The second-order valence-corrected chi connectivity index (χ2v) is 8.60. The average molecular weight is 367 g/mol. The summed E-state index contributed by atoms with van der Waals surface area (Å²) >= 11 is 0. The number of hydrogen-bond donors (Lipinski definition) is 0. The van der Waals surface area contributed by atoms with Crippen LogP contribution in [-0.2, 0) is 11.8 Å². The van der Waals surface area contributed by atoms with Gasteiger partial charge in [-0.25, -0.2) is 0 Å². The van der Waals surface area contributed by atoms with Crippen LogP contribution < -0.4 is 0 Å². The number of rotatable bonds is 2. The Balaban J connectivity index is 1.60. The first kappa shape index (κ1) is 18.1. The lowest BCUT2D eigenvalue weighted by atomic mass is 9.78. The van der Waals surface area contributed by atoms with Crippen LogP contribution in [0.25, 0.3) is 10.9 Å². The number of nitrogens with zero attached hydrogens (tertiary/aromatic N) is 3. The van der Waals surface area contributed by atoms with E-state index in [0.717, 1.165) is 36.7 Å². The van der Waals surface area contributed by atoms with E-state index in [0.29, 0.717) is 18.8 Å². The fourth-order valence-electron chi connectivity index (χ4n) is 4.83. The molecular formula is C22H29N3O2. The molecular weight excluding hydrogens is 338 g/mol. The highest BCUT2D eigenvalue weighted by Gasteiger charge is 2.50. The Kier molecular flexibility index (Phi) is 4.28. The van der Waals surface area contributed by atoms with Crippen molar-refractivity contribution in [1.82, 2.24) is 14.4 Å². The lowest BCUT2D eigenvalue weighted by molar-refractivity contribution is -0.147. The fraction of sp³-hybridized carbons (Fsp3) is 0.545. The molecule has 5 heteroatoms. The molecule has 0 radical (unpaired) electrons. The van der Waals surface area contributed by atoms with Gasteiger partial charge in [0.15, 0.2) is 0 Å². The standard InChI is InChI=1S/C22H29N3O2/c1-15(2)25-10-5-8-22(21(25)27)9-11-24(14-22)20(26)19-13-17-7-6-16(3)12-18(17)23(19)4/h6-7,12-13,15H,5,8-11,14H2,1-4H3/t22-/m1/s1. The van der Waals surface area contributed by atoms with Gasteiger partial charge in [0, 0.05) is 43.6 Å². The molecule has 144 valence electrons. The van der Waals surface area contributed by atoms with E-state index in [9.17, 15) is 9.59 Å². The predicted octanol–water partition coefficient (Wildman–Crippen LogP) is 3.35. The molecule has 2 saturated heterocycles. The van der Waals surface area contributed by atoms with E-state index in [1.807, 2.05) is 27.5 Å². The molecule has 2 aromatic rings. The number of piperidine rings is 1. The second-order valence-electron chi connectivity index (χ2n) is 8.60. The van der Waals surface area contributed by atoms with Crippen molar-refractivity contribution in [2.75, 3.05) is 19.6 Å². The minimum atomic E-state index is -0.376. The minimum Gasteiger partial charge on any atom is -0.340 e. The Hall–Kier alpha value is -2.30. The zero-order valence-corrected chi connectivity index (χ0v) is 16.8. The van der Waals surface area contributed by atoms with Crippen LogP contribution in [0.5, 0.6) is 0 Å². The summed E-state index contributed by atoms with van der Waals surface area (Å²) in [5, 5.41) is 1.08. The van der Waals surface area contributed by atoms with Crippen molar-refractivity contribution in [3.05, 3.63) is 35.5 Å². The first-order valence-electron chi connectivity index (χ1n) is 9.99. The second kappa shape index (κ2) is 6.39. The number of amides is 2. The quantitative estimate of drug-likeness (QED) is 0.817. The Labute approximate surface area is 160 Å². The predicted molar refractivity (Wildman–Crippen MR) is 107 cm³/mol. The fourth-order valence-corrected chi connectivity index (χ4v) is 4.83. The lowest BCUT2D eigenvalue weighted by Crippen LogP contribution is -2.52. The molecule has 1 spiro atoms. The van der Waals surface area contributed by atoms with E-state index in [-0.39, 0.29) is 23.3 Å². The number of hydrogen-bond acceptors (Lipinski definition) is 2. The van der Waals surface area contributed by atoms with Crippen molar-refractivity contribution in [2.45, 2.75) is 46.1 Å². The summed E-state index contributed by atoms with van der Waals surface area (Å²) in [6, 6.07) is 8.45. The molecule has 0 bridgehead atoms. The van der Waals surface area contributed by atoms with Gasteiger partial charge < -0.3 is 14.4 Å². The molecule has 5 nitrogen and oxygen atoms in total. The van der Waals surface area contributed by atoms with Gasteiger partial charge >= 0.3 is 0 Å². The molecule has 1 aromatic heterocycles. The monoisotopic (exact) mass is 367 g/mol. The molecule has 1 atom stereocenters. The molecule has 4 rings (SSSR count). The summed E-state index contributed by atoms with van der Waals surface area (Å²) in [4.78, 5) is 30.3. The molecule has 1 aromatic carbocycles. The summed E-state index contributed by atoms with van der Waals surface area (Å²) in [5.41, 5.74) is 2.59. The molecule has 3 heterocycles. The maximum Gasteiger partial charge on any atom is 0.270 e. The summed E-state index contributed by atoms with van der Waals surface area (Å²) in [6.07, 6.45) is 2.70. The highest BCUT2D eigenvalue weighted by molar-refractivity contribution is 5.99. The van der Waals surface area contributed by atoms with Crippen LogP contribution in [0.1, 0.15) is 49.2 Å². The first-order valence-corrected chi connectivity index (χ1v) is 9.99. The third-order valence-electron chi connectivity index (χ3n) is 6.45. The van der Waals surface area contributed by atoms with Gasteiger partial charge in [0.05, 0.1) is 5.41 Å². The van der Waals surface area contributed by atoms with Gasteiger partial charge in [0.1, 0.15) is 5.69 Å². The van der Waals surface area contributed by atoms with Crippen LogP contribution in [0.2, 0.25) is 0 Å². The van der Waals surface area contributed by atoms with Gasteiger partial charge in [-0.1, -0.05) is 12.1 Å². The Morgan fingerprint density at radius 1 is 1.15 bits per heavy atom. The average Bonchev–Trinajstić information content (AvgIpc) is 3.20.